The summed E-state index contributed by atoms with van der Waals surface area (Å²) in [6, 6.07) is 40.2. The van der Waals surface area contributed by atoms with Crippen LogP contribution in [0, 0.1) is 6.92 Å². The molecule has 5 aromatic rings. The molecule has 252 valence electrons. The second-order valence-electron chi connectivity index (χ2n) is 11.7. The van der Waals surface area contributed by atoms with E-state index in [1.807, 2.05) is 98.8 Å². The smallest absolute Gasteiger partial charge is 0.264 e. The molecule has 8 nitrogen and oxygen atoms in total. The molecule has 9 heteroatoms. The molecular formula is C40H41N3O5S. The van der Waals surface area contributed by atoms with Crippen LogP contribution < -0.4 is 14.4 Å². The van der Waals surface area contributed by atoms with Gasteiger partial charge in [0, 0.05) is 19.5 Å². The number of amides is 2. The number of benzene rings is 5. The van der Waals surface area contributed by atoms with Crippen molar-refractivity contribution in [1.29, 1.82) is 0 Å². The summed E-state index contributed by atoms with van der Waals surface area (Å²) in [5, 5.41) is 2.97. The van der Waals surface area contributed by atoms with E-state index < -0.39 is 28.5 Å². The molecule has 5 rings (SSSR count). The maximum Gasteiger partial charge on any atom is 0.264 e. The van der Waals surface area contributed by atoms with Crippen molar-refractivity contribution < 1.29 is 22.7 Å². The predicted molar refractivity (Wildman–Crippen MR) is 193 cm³/mol. The summed E-state index contributed by atoms with van der Waals surface area (Å²) >= 11 is 0. The van der Waals surface area contributed by atoms with Crippen LogP contribution in [0.5, 0.6) is 11.5 Å². The van der Waals surface area contributed by atoms with E-state index in [1.54, 1.807) is 42.5 Å². The monoisotopic (exact) mass is 675 g/mol. The molecule has 0 aliphatic heterocycles. The third-order valence-corrected chi connectivity index (χ3v) is 9.76. The fraction of sp³-hybridized carbons (Fsp3) is 0.200. The Kier molecular flexibility index (Phi) is 11.8. The molecule has 1 atom stereocenters. The number of para-hydroxylation sites is 1. The molecule has 0 radical (unpaired) electrons. The third-order valence-electron chi connectivity index (χ3n) is 7.97. The van der Waals surface area contributed by atoms with Gasteiger partial charge in [0.05, 0.1) is 10.6 Å². The Bertz CT molecular complexity index is 1920. The third kappa shape index (κ3) is 9.36. The van der Waals surface area contributed by atoms with E-state index >= 15 is 0 Å². The van der Waals surface area contributed by atoms with Crippen molar-refractivity contribution in [2.75, 3.05) is 17.4 Å². The molecule has 0 aliphatic rings. The number of carbonyl (C=O) groups excluding carboxylic acids is 2. The van der Waals surface area contributed by atoms with Gasteiger partial charge in [-0.25, -0.2) is 8.42 Å². The average molecular weight is 676 g/mol. The maximum absolute atomic E-state index is 14.6. The highest BCUT2D eigenvalue weighted by molar-refractivity contribution is 7.92. The summed E-state index contributed by atoms with van der Waals surface area (Å²) < 4.78 is 35.5. The lowest BCUT2D eigenvalue weighted by atomic mass is 10.0. The van der Waals surface area contributed by atoms with Gasteiger partial charge in [-0.3, -0.25) is 13.9 Å². The summed E-state index contributed by atoms with van der Waals surface area (Å²) in [6.07, 6.45) is 0.980. The molecule has 0 aliphatic carbocycles. The number of carbonyl (C=O) groups is 2. The van der Waals surface area contributed by atoms with Crippen LogP contribution in [0.1, 0.15) is 30.0 Å². The Morgan fingerprint density at radius 3 is 1.96 bits per heavy atom. The molecule has 49 heavy (non-hydrogen) atoms. The quantitative estimate of drug-likeness (QED) is 0.127. The molecule has 0 bridgehead atoms. The van der Waals surface area contributed by atoms with Gasteiger partial charge in [0.25, 0.3) is 10.0 Å². The highest BCUT2D eigenvalue weighted by Gasteiger charge is 2.34. The first-order valence-electron chi connectivity index (χ1n) is 16.3. The SMILES string of the molecule is CCCNC(=O)[C@@H](Cc1ccccc1)N(Cc1cccc(C)c1)C(=O)CN(c1ccc(Oc2ccccc2)cc1)S(=O)(=O)c1ccccc1. The molecule has 0 saturated heterocycles. The minimum Gasteiger partial charge on any atom is -0.457 e. The zero-order chi connectivity index (χ0) is 34.6. The number of ether oxygens (including phenoxy) is 1. The highest BCUT2D eigenvalue weighted by Crippen LogP contribution is 2.29. The van der Waals surface area contributed by atoms with Gasteiger partial charge in [-0.2, -0.15) is 0 Å². The van der Waals surface area contributed by atoms with Crippen LogP contribution in [0.25, 0.3) is 0 Å². The van der Waals surface area contributed by atoms with Gasteiger partial charge in [0.1, 0.15) is 24.1 Å². The molecule has 0 fully saturated rings. The summed E-state index contributed by atoms with van der Waals surface area (Å²) in [5.74, 6) is 0.330. The summed E-state index contributed by atoms with van der Waals surface area (Å²) in [6.45, 7) is 3.95. The normalized spacial score (nSPS) is 11.7. The Morgan fingerprint density at radius 1 is 0.735 bits per heavy atom. The van der Waals surface area contributed by atoms with Gasteiger partial charge < -0.3 is 15.0 Å². The van der Waals surface area contributed by atoms with E-state index in [0.29, 0.717) is 18.0 Å². The number of aryl methyl sites for hydroxylation is 1. The largest absolute Gasteiger partial charge is 0.457 e. The fourth-order valence-corrected chi connectivity index (χ4v) is 6.92. The van der Waals surface area contributed by atoms with Crippen LogP contribution in [-0.2, 0) is 32.6 Å². The molecule has 2 amide bonds. The number of sulfonamides is 1. The van der Waals surface area contributed by atoms with Crippen molar-refractivity contribution in [2.24, 2.45) is 0 Å². The first-order chi connectivity index (χ1) is 23.7. The van der Waals surface area contributed by atoms with Gasteiger partial charge >= 0.3 is 0 Å². The van der Waals surface area contributed by atoms with E-state index in [-0.39, 0.29) is 29.5 Å². The fourth-order valence-electron chi connectivity index (χ4n) is 5.48. The van der Waals surface area contributed by atoms with Crippen molar-refractivity contribution in [3.63, 3.8) is 0 Å². The van der Waals surface area contributed by atoms with Crippen molar-refractivity contribution in [3.05, 3.63) is 156 Å². The van der Waals surface area contributed by atoms with Gasteiger partial charge in [-0.15, -0.1) is 0 Å². The zero-order valence-corrected chi connectivity index (χ0v) is 28.6. The molecule has 0 saturated carbocycles. The van der Waals surface area contributed by atoms with E-state index in [9.17, 15) is 18.0 Å². The summed E-state index contributed by atoms with van der Waals surface area (Å²) in [5.41, 5.74) is 2.99. The van der Waals surface area contributed by atoms with Crippen molar-refractivity contribution >= 4 is 27.5 Å². The van der Waals surface area contributed by atoms with Crippen LogP contribution in [0.4, 0.5) is 5.69 Å². The average Bonchev–Trinajstić information content (AvgIpc) is 3.12. The number of hydrogen-bond donors (Lipinski definition) is 1. The first-order valence-corrected chi connectivity index (χ1v) is 17.8. The molecule has 5 aromatic carbocycles. The van der Waals surface area contributed by atoms with Crippen molar-refractivity contribution in [1.82, 2.24) is 10.2 Å². The lowest BCUT2D eigenvalue weighted by molar-refractivity contribution is -0.140. The van der Waals surface area contributed by atoms with Crippen LogP contribution in [0.2, 0.25) is 0 Å². The van der Waals surface area contributed by atoms with Gasteiger partial charge in [0.2, 0.25) is 11.8 Å². The molecule has 1 N–H and O–H groups in total. The first kappa shape index (κ1) is 34.9. The molecular weight excluding hydrogens is 635 g/mol. The number of nitrogens with zero attached hydrogens (tertiary/aromatic N) is 2. The number of anilines is 1. The van der Waals surface area contributed by atoms with E-state index in [0.717, 1.165) is 27.4 Å². The van der Waals surface area contributed by atoms with Gasteiger partial charge in [-0.05, 0) is 73.0 Å². The van der Waals surface area contributed by atoms with E-state index in [4.69, 9.17) is 4.74 Å². The number of nitrogens with one attached hydrogen (secondary N) is 1. The van der Waals surface area contributed by atoms with Gasteiger partial charge in [-0.1, -0.05) is 103 Å². The maximum atomic E-state index is 14.6. The molecule has 0 heterocycles. The van der Waals surface area contributed by atoms with Crippen molar-refractivity contribution in [3.8, 4) is 11.5 Å². The predicted octanol–water partition coefficient (Wildman–Crippen LogP) is 7.15. The Balaban J connectivity index is 1.54. The minimum absolute atomic E-state index is 0.0409. The molecule has 0 unspecified atom stereocenters. The molecule has 0 aromatic heterocycles. The Labute approximate surface area is 289 Å². The minimum atomic E-state index is -4.21. The Hall–Kier alpha value is -5.41. The second-order valence-corrected chi connectivity index (χ2v) is 13.6. The summed E-state index contributed by atoms with van der Waals surface area (Å²) in [4.78, 5) is 30.0. The lowest BCUT2D eigenvalue weighted by Gasteiger charge is -2.34. The topological polar surface area (TPSA) is 96.0 Å². The zero-order valence-electron chi connectivity index (χ0n) is 27.7. The standard InChI is InChI=1S/C40H41N3O5S/c1-3-26-41-40(45)38(28-32-15-7-4-8-16-32)42(29-33-17-13-14-31(2)27-33)39(44)30-43(49(46,47)37-20-11-6-12-21-37)34-22-24-36(25-23-34)48-35-18-9-5-10-19-35/h4-25,27,38H,3,26,28-30H2,1-2H3,(H,41,45)/t38-/m1/s1. The number of hydrogen-bond acceptors (Lipinski definition) is 5. The van der Waals surface area contributed by atoms with Crippen LogP contribution in [0.15, 0.2) is 144 Å². The van der Waals surface area contributed by atoms with Gasteiger partial charge in [0.15, 0.2) is 0 Å². The second kappa shape index (κ2) is 16.6. The summed E-state index contributed by atoms with van der Waals surface area (Å²) in [7, 11) is -4.21. The molecule has 0 spiro atoms. The lowest BCUT2D eigenvalue weighted by Crippen LogP contribution is -2.53. The van der Waals surface area contributed by atoms with E-state index in [2.05, 4.69) is 5.32 Å². The van der Waals surface area contributed by atoms with E-state index in [1.165, 1.54) is 17.0 Å². The highest BCUT2D eigenvalue weighted by atomic mass is 32.2. The van der Waals surface area contributed by atoms with Crippen LogP contribution in [0.3, 0.4) is 0 Å². The Morgan fingerprint density at radius 2 is 1.33 bits per heavy atom. The van der Waals surface area contributed by atoms with Crippen molar-refractivity contribution in [2.45, 2.75) is 44.2 Å². The number of rotatable bonds is 15. The van der Waals surface area contributed by atoms with Crippen LogP contribution >= 0.6 is 0 Å². The van der Waals surface area contributed by atoms with Crippen LogP contribution in [-0.4, -0.2) is 44.3 Å².